The van der Waals surface area contributed by atoms with Crippen molar-refractivity contribution in [2.24, 2.45) is 0 Å². The molecule has 132 valence electrons. The number of rotatable bonds is 6. The van der Waals surface area contributed by atoms with Gasteiger partial charge in [0.25, 0.3) is 5.91 Å². The molecule has 0 fully saturated rings. The van der Waals surface area contributed by atoms with E-state index in [9.17, 15) is 13.6 Å². The van der Waals surface area contributed by atoms with Gasteiger partial charge in [-0.3, -0.25) is 4.79 Å². The molecule has 0 spiro atoms. The molecular formula is C19H20F2N2OS. The van der Waals surface area contributed by atoms with Crippen molar-refractivity contribution < 1.29 is 13.6 Å². The smallest absolute Gasteiger partial charge is 0.315 e. The Morgan fingerprint density at radius 2 is 1.40 bits per heavy atom. The third-order valence-corrected chi connectivity index (χ3v) is 4.31. The molecule has 2 aromatic carbocycles. The highest BCUT2D eigenvalue weighted by Crippen LogP contribution is 2.29. The molecule has 0 aliphatic rings. The largest absolute Gasteiger partial charge is 0.371 e. The Bertz CT molecular complexity index is 668. The van der Waals surface area contributed by atoms with E-state index in [0.717, 1.165) is 16.0 Å². The molecule has 0 heterocycles. The number of nitrogens with zero attached hydrogens (tertiary/aromatic N) is 2. The Morgan fingerprint density at radius 3 is 1.76 bits per heavy atom. The molecule has 6 heteroatoms. The lowest BCUT2D eigenvalue weighted by atomic mass is 9.97. The first-order valence-corrected chi connectivity index (χ1v) is 8.21. The number of hydrogen-bond donors (Lipinski definition) is 0. The fraction of sp³-hybridized carbons (Fsp3) is 0.263. The van der Waals surface area contributed by atoms with E-state index in [-0.39, 0.29) is 6.54 Å². The number of carbonyl (C=O) groups is 1. The summed E-state index contributed by atoms with van der Waals surface area (Å²) in [6.07, 6.45) is -3.10. The maximum atomic E-state index is 13.3. The van der Waals surface area contributed by atoms with Crippen molar-refractivity contribution in [3.63, 3.8) is 0 Å². The third kappa shape index (κ3) is 4.82. The highest BCUT2D eigenvalue weighted by atomic mass is 32.1. The average Bonchev–Trinajstić information content (AvgIpc) is 2.62. The molecule has 0 aliphatic heterocycles. The van der Waals surface area contributed by atoms with E-state index in [0.29, 0.717) is 4.99 Å². The monoisotopic (exact) mass is 362 g/mol. The summed E-state index contributed by atoms with van der Waals surface area (Å²) in [5.41, 5.74) is 1.51. The molecule has 25 heavy (non-hydrogen) atoms. The third-order valence-electron chi connectivity index (χ3n) is 3.82. The van der Waals surface area contributed by atoms with Crippen LogP contribution >= 0.6 is 12.2 Å². The van der Waals surface area contributed by atoms with E-state index < -0.39 is 18.4 Å². The highest BCUT2D eigenvalue weighted by Gasteiger charge is 2.32. The van der Waals surface area contributed by atoms with E-state index in [1.807, 2.05) is 60.7 Å². The van der Waals surface area contributed by atoms with E-state index in [1.54, 1.807) is 19.0 Å². The van der Waals surface area contributed by atoms with Crippen LogP contribution in [0.2, 0.25) is 0 Å². The van der Waals surface area contributed by atoms with Crippen molar-refractivity contribution in [1.82, 2.24) is 9.80 Å². The summed E-state index contributed by atoms with van der Waals surface area (Å²) in [5, 5.41) is 0. The summed E-state index contributed by atoms with van der Waals surface area (Å²) in [7, 11) is 3.46. The summed E-state index contributed by atoms with van der Waals surface area (Å²) in [6, 6.07) is 17.6. The van der Waals surface area contributed by atoms with Gasteiger partial charge in [-0.25, -0.2) is 0 Å². The molecule has 0 N–H and O–H groups in total. The topological polar surface area (TPSA) is 23.6 Å². The van der Waals surface area contributed by atoms with Crippen LogP contribution in [0.1, 0.15) is 17.2 Å². The van der Waals surface area contributed by atoms with Gasteiger partial charge < -0.3 is 9.80 Å². The standard InChI is InChI=1S/C19H20F2N2OS/c1-22(2)16(25)13-23(19(24)18(20)21)17(14-9-5-3-6-10-14)15-11-7-4-8-12-15/h3-12,17-18H,13H2,1-2H3. The lowest BCUT2D eigenvalue weighted by Gasteiger charge is -2.33. The zero-order chi connectivity index (χ0) is 18.4. The summed E-state index contributed by atoms with van der Waals surface area (Å²) in [5.74, 6) is -1.23. The summed E-state index contributed by atoms with van der Waals surface area (Å²) >= 11 is 5.27. The number of carbonyl (C=O) groups excluding carboxylic acids is 1. The van der Waals surface area contributed by atoms with Crippen LogP contribution in [-0.2, 0) is 4.79 Å². The SMILES string of the molecule is CN(C)C(=S)CN(C(=O)C(F)F)C(c1ccccc1)c1ccccc1. The minimum atomic E-state index is -3.10. The average molecular weight is 362 g/mol. The number of alkyl halides is 2. The lowest BCUT2D eigenvalue weighted by molar-refractivity contribution is -0.143. The van der Waals surface area contributed by atoms with Gasteiger partial charge in [-0.2, -0.15) is 8.78 Å². The van der Waals surface area contributed by atoms with Gasteiger partial charge >= 0.3 is 6.43 Å². The van der Waals surface area contributed by atoms with Gasteiger partial charge in [0.15, 0.2) is 0 Å². The van der Waals surface area contributed by atoms with Crippen LogP contribution in [0.5, 0.6) is 0 Å². The van der Waals surface area contributed by atoms with Gasteiger partial charge in [0, 0.05) is 14.1 Å². The Hall–Kier alpha value is -2.34. The van der Waals surface area contributed by atoms with E-state index in [4.69, 9.17) is 12.2 Å². The predicted molar refractivity (Wildman–Crippen MR) is 98.7 cm³/mol. The molecule has 0 saturated carbocycles. The van der Waals surface area contributed by atoms with Gasteiger partial charge in [0.1, 0.15) is 0 Å². The van der Waals surface area contributed by atoms with Crippen molar-refractivity contribution in [2.45, 2.75) is 12.5 Å². The van der Waals surface area contributed by atoms with Crippen molar-refractivity contribution in [1.29, 1.82) is 0 Å². The number of halogens is 2. The van der Waals surface area contributed by atoms with E-state index in [1.165, 1.54) is 0 Å². The van der Waals surface area contributed by atoms with Crippen LogP contribution in [-0.4, -0.2) is 47.8 Å². The van der Waals surface area contributed by atoms with Crippen molar-refractivity contribution in [3.05, 3.63) is 71.8 Å². The van der Waals surface area contributed by atoms with Gasteiger partial charge in [0.2, 0.25) is 0 Å². The highest BCUT2D eigenvalue weighted by molar-refractivity contribution is 7.80. The zero-order valence-corrected chi connectivity index (χ0v) is 14.9. The number of benzene rings is 2. The molecule has 0 aliphatic carbocycles. The fourth-order valence-electron chi connectivity index (χ4n) is 2.53. The molecule has 0 radical (unpaired) electrons. The van der Waals surface area contributed by atoms with Gasteiger partial charge in [-0.05, 0) is 11.1 Å². The van der Waals surface area contributed by atoms with Crippen LogP contribution in [0, 0.1) is 0 Å². The van der Waals surface area contributed by atoms with Crippen LogP contribution < -0.4 is 0 Å². The second kappa shape index (κ2) is 8.67. The molecule has 0 atom stereocenters. The number of hydrogen-bond acceptors (Lipinski definition) is 2. The summed E-state index contributed by atoms with van der Waals surface area (Å²) in [6.45, 7) is -0.0556. The van der Waals surface area contributed by atoms with Crippen LogP contribution in [0.15, 0.2) is 60.7 Å². The first kappa shape index (κ1) is 19.0. The van der Waals surface area contributed by atoms with Gasteiger partial charge in [0.05, 0.1) is 17.6 Å². The first-order valence-electron chi connectivity index (χ1n) is 7.80. The molecule has 0 aromatic heterocycles. The normalized spacial score (nSPS) is 10.8. The van der Waals surface area contributed by atoms with Crippen molar-refractivity contribution in [3.8, 4) is 0 Å². The van der Waals surface area contributed by atoms with Crippen LogP contribution in [0.3, 0.4) is 0 Å². The molecule has 0 bridgehead atoms. The Kier molecular flexibility index (Phi) is 6.58. The second-order valence-electron chi connectivity index (χ2n) is 5.78. The van der Waals surface area contributed by atoms with Crippen molar-refractivity contribution >= 4 is 23.1 Å². The maximum absolute atomic E-state index is 13.3. The van der Waals surface area contributed by atoms with Crippen LogP contribution in [0.25, 0.3) is 0 Å². The van der Waals surface area contributed by atoms with Crippen LogP contribution in [0.4, 0.5) is 8.78 Å². The molecule has 2 aromatic rings. The number of likely N-dealkylation sites (N-methyl/N-ethyl adjacent to an activating group) is 1. The number of amides is 1. The first-order chi connectivity index (χ1) is 11.9. The van der Waals surface area contributed by atoms with E-state index in [2.05, 4.69) is 0 Å². The molecule has 0 saturated heterocycles. The Morgan fingerprint density at radius 1 is 0.960 bits per heavy atom. The number of thiocarbonyl (C=S) groups is 1. The molecule has 0 unspecified atom stereocenters. The molecule has 2 rings (SSSR count). The molecule has 1 amide bonds. The second-order valence-corrected chi connectivity index (χ2v) is 6.25. The van der Waals surface area contributed by atoms with Crippen molar-refractivity contribution in [2.75, 3.05) is 20.6 Å². The van der Waals surface area contributed by atoms with Gasteiger partial charge in [-0.15, -0.1) is 0 Å². The summed E-state index contributed by atoms with van der Waals surface area (Å²) < 4.78 is 26.5. The predicted octanol–water partition coefficient (Wildman–Crippen LogP) is 3.76. The Balaban J connectivity index is 2.52. The lowest BCUT2D eigenvalue weighted by Crippen LogP contribution is -2.44. The minimum Gasteiger partial charge on any atom is -0.371 e. The fourth-order valence-corrected chi connectivity index (χ4v) is 2.67. The van der Waals surface area contributed by atoms with Gasteiger partial charge in [-0.1, -0.05) is 72.9 Å². The minimum absolute atomic E-state index is 0.0556. The molecule has 3 nitrogen and oxygen atoms in total. The Labute approximate surface area is 151 Å². The van der Waals surface area contributed by atoms with E-state index >= 15 is 0 Å². The summed E-state index contributed by atoms with van der Waals surface area (Å²) in [4.78, 5) is 15.5. The zero-order valence-electron chi connectivity index (χ0n) is 14.1. The quantitative estimate of drug-likeness (QED) is 0.731. The maximum Gasteiger partial charge on any atom is 0.315 e. The molecular weight excluding hydrogens is 342 g/mol.